The highest BCUT2D eigenvalue weighted by Gasteiger charge is 2.37. The summed E-state index contributed by atoms with van der Waals surface area (Å²) in [7, 11) is 0. The average molecular weight is 280 g/mol. The Hall–Kier alpha value is -2.64. The molecule has 8 heteroatoms. The molecule has 1 fully saturated rings. The fraction of sp³-hybridized carbons (Fsp3) is 0.333. The van der Waals surface area contributed by atoms with Crippen LogP contribution in [0.2, 0.25) is 0 Å². The van der Waals surface area contributed by atoms with Crippen molar-refractivity contribution in [3.8, 4) is 5.75 Å². The summed E-state index contributed by atoms with van der Waals surface area (Å²) in [5.74, 6) is -2.72. The number of phenols is 1. The molecule has 0 saturated carbocycles. The zero-order chi connectivity index (χ0) is 15.0. The van der Waals surface area contributed by atoms with Crippen LogP contribution in [-0.2, 0) is 9.59 Å². The van der Waals surface area contributed by atoms with Crippen molar-refractivity contribution >= 4 is 23.3 Å². The van der Waals surface area contributed by atoms with Crippen LogP contribution in [0.5, 0.6) is 5.75 Å². The van der Waals surface area contributed by atoms with Crippen LogP contribution in [0.4, 0.5) is 11.4 Å². The van der Waals surface area contributed by atoms with Gasteiger partial charge in [-0.05, 0) is 12.5 Å². The lowest BCUT2D eigenvalue weighted by Gasteiger charge is -2.18. The van der Waals surface area contributed by atoms with Gasteiger partial charge in [-0.2, -0.15) is 0 Å². The molecule has 1 heterocycles. The molecular weight excluding hydrogens is 268 g/mol. The zero-order valence-electron chi connectivity index (χ0n) is 10.6. The van der Waals surface area contributed by atoms with E-state index in [4.69, 9.17) is 5.11 Å². The lowest BCUT2D eigenvalue weighted by atomic mass is 10.1. The van der Waals surface area contributed by atoms with E-state index >= 15 is 0 Å². The van der Waals surface area contributed by atoms with Gasteiger partial charge < -0.3 is 15.1 Å². The van der Waals surface area contributed by atoms with Gasteiger partial charge in [0.15, 0.2) is 0 Å². The van der Waals surface area contributed by atoms with Gasteiger partial charge in [0.2, 0.25) is 5.91 Å². The normalized spacial score (nSPS) is 18.4. The van der Waals surface area contributed by atoms with Gasteiger partial charge in [0.1, 0.15) is 5.75 Å². The molecule has 0 unspecified atom stereocenters. The number of carbonyl (C=O) groups excluding carboxylic acids is 1. The highest BCUT2D eigenvalue weighted by atomic mass is 16.6. The van der Waals surface area contributed by atoms with Gasteiger partial charge in [-0.15, -0.1) is 0 Å². The molecule has 1 atom stereocenters. The minimum absolute atomic E-state index is 0.0227. The Balaban J connectivity index is 2.45. The summed E-state index contributed by atoms with van der Waals surface area (Å²) in [6.45, 7) is 1.36. The largest absolute Gasteiger partial charge is 0.505 e. The van der Waals surface area contributed by atoms with Crippen LogP contribution in [0.3, 0.4) is 0 Å². The van der Waals surface area contributed by atoms with Crippen molar-refractivity contribution in [2.45, 2.75) is 13.3 Å². The first-order valence-corrected chi connectivity index (χ1v) is 5.82. The van der Waals surface area contributed by atoms with Crippen LogP contribution in [0.15, 0.2) is 12.1 Å². The first-order valence-electron chi connectivity index (χ1n) is 5.82. The number of aromatic hydroxyl groups is 1. The topological polar surface area (TPSA) is 121 Å². The number of rotatable bonds is 3. The van der Waals surface area contributed by atoms with Crippen molar-refractivity contribution in [3.63, 3.8) is 0 Å². The predicted octanol–water partition coefficient (Wildman–Crippen LogP) is 1.05. The number of aliphatic carboxylic acids is 1. The monoisotopic (exact) mass is 280 g/mol. The molecule has 1 aromatic carbocycles. The summed E-state index contributed by atoms with van der Waals surface area (Å²) in [4.78, 5) is 34.0. The average Bonchev–Trinajstić information content (AvgIpc) is 2.74. The van der Waals surface area contributed by atoms with Crippen LogP contribution < -0.4 is 4.90 Å². The van der Waals surface area contributed by atoms with Gasteiger partial charge in [-0.1, -0.05) is 0 Å². The van der Waals surface area contributed by atoms with Crippen molar-refractivity contribution in [1.29, 1.82) is 0 Å². The van der Waals surface area contributed by atoms with Crippen molar-refractivity contribution in [1.82, 2.24) is 0 Å². The van der Waals surface area contributed by atoms with Crippen molar-refractivity contribution in [2.75, 3.05) is 11.4 Å². The second-order valence-corrected chi connectivity index (χ2v) is 4.63. The quantitative estimate of drug-likeness (QED) is 0.630. The van der Waals surface area contributed by atoms with E-state index in [0.717, 1.165) is 11.0 Å². The minimum atomic E-state index is -1.11. The molecule has 0 radical (unpaired) electrons. The lowest BCUT2D eigenvalue weighted by Crippen LogP contribution is -2.26. The number of hydrogen-bond acceptors (Lipinski definition) is 5. The van der Waals surface area contributed by atoms with E-state index < -0.39 is 22.7 Å². The number of phenolic OH excluding ortho intramolecular Hbond substituents is 1. The third-order valence-corrected chi connectivity index (χ3v) is 3.24. The number of amides is 1. The molecule has 0 aromatic heterocycles. The summed E-state index contributed by atoms with van der Waals surface area (Å²) in [5, 5.41) is 29.7. The molecule has 0 spiro atoms. The Morgan fingerprint density at radius 2 is 2.15 bits per heavy atom. The number of carboxylic acids is 1. The molecular formula is C12H12N2O6. The van der Waals surface area contributed by atoms with E-state index in [1.807, 2.05) is 0 Å². The SMILES string of the molecule is Cc1cc([N+](=O)[O-])cc(N2C[C@@H](C(=O)O)CC2=O)c1O. The van der Waals surface area contributed by atoms with E-state index in [-0.39, 0.29) is 35.7 Å². The van der Waals surface area contributed by atoms with Gasteiger partial charge in [0, 0.05) is 25.1 Å². The molecule has 2 rings (SSSR count). The number of nitrogens with zero attached hydrogens (tertiary/aromatic N) is 2. The fourth-order valence-electron chi connectivity index (χ4n) is 2.16. The Labute approximate surface area is 113 Å². The van der Waals surface area contributed by atoms with Crippen molar-refractivity contribution < 1.29 is 24.7 Å². The van der Waals surface area contributed by atoms with Gasteiger partial charge in [0.05, 0.1) is 16.5 Å². The number of nitro groups is 1. The van der Waals surface area contributed by atoms with Crippen LogP contribution in [0, 0.1) is 23.0 Å². The van der Waals surface area contributed by atoms with Crippen LogP contribution in [0.1, 0.15) is 12.0 Å². The highest BCUT2D eigenvalue weighted by Crippen LogP contribution is 2.37. The van der Waals surface area contributed by atoms with Gasteiger partial charge in [-0.25, -0.2) is 0 Å². The summed E-state index contributed by atoms with van der Waals surface area (Å²) in [6.07, 6.45) is -0.184. The summed E-state index contributed by atoms with van der Waals surface area (Å²) >= 11 is 0. The second-order valence-electron chi connectivity index (χ2n) is 4.63. The van der Waals surface area contributed by atoms with Crippen molar-refractivity contribution in [3.05, 3.63) is 27.8 Å². The van der Waals surface area contributed by atoms with E-state index in [0.29, 0.717) is 0 Å². The standard InChI is InChI=1S/C12H12N2O6/c1-6-2-8(14(19)20)4-9(11(6)16)13-5-7(12(17)18)3-10(13)15/h2,4,7,16H,3,5H2,1H3,(H,17,18)/t7-/m0/s1. The summed E-state index contributed by atoms with van der Waals surface area (Å²) in [6, 6.07) is 2.26. The number of carboxylic acid groups (broad SMARTS) is 1. The molecule has 1 aliphatic rings. The predicted molar refractivity (Wildman–Crippen MR) is 67.6 cm³/mol. The van der Waals surface area contributed by atoms with Crippen LogP contribution in [-0.4, -0.2) is 33.6 Å². The molecule has 8 nitrogen and oxygen atoms in total. The smallest absolute Gasteiger partial charge is 0.308 e. The Bertz CT molecular complexity index is 612. The van der Waals surface area contributed by atoms with E-state index in [1.54, 1.807) is 0 Å². The maximum atomic E-state index is 11.8. The van der Waals surface area contributed by atoms with E-state index in [9.17, 15) is 24.8 Å². The Morgan fingerprint density at radius 1 is 1.50 bits per heavy atom. The summed E-state index contributed by atoms with van der Waals surface area (Å²) < 4.78 is 0. The molecule has 1 saturated heterocycles. The number of hydrogen-bond donors (Lipinski definition) is 2. The molecule has 20 heavy (non-hydrogen) atoms. The van der Waals surface area contributed by atoms with Gasteiger partial charge in [0.25, 0.3) is 5.69 Å². The zero-order valence-corrected chi connectivity index (χ0v) is 10.6. The van der Waals surface area contributed by atoms with Crippen LogP contribution in [0.25, 0.3) is 0 Å². The van der Waals surface area contributed by atoms with E-state index in [2.05, 4.69) is 0 Å². The lowest BCUT2D eigenvalue weighted by molar-refractivity contribution is -0.384. The number of anilines is 1. The Morgan fingerprint density at radius 3 is 2.65 bits per heavy atom. The maximum absolute atomic E-state index is 11.8. The molecule has 1 amide bonds. The van der Waals surface area contributed by atoms with Crippen LogP contribution >= 0.6 is 0 Å². The first-order chi connectivity index (χ1) is 9.31. The summed E-state index contributed by atoms with van der Waals surface area (Å²) in [5.41, 5.74) is -0.0342. The fourth-order valence-corrected chi connectivity index (χ4v) is 2.16. The molecule has 1 aromatic rings. The number of aryl methyl sites for hydroxylation is 1. The third-order valence-electron chi connectivity index (χ3n) is 3.24. The number of carbonyl (C=O) groups is 2. The Kier molecular flexibility index (Phi) is 3.31. The molecule has 1 aliphatic heterocycles. The highest BCUT2D eigenvalue weighted by molar-refractivity contribution is 6.00. The minimum Gasteiger partial charge on any atom is -0.505 e. The first kappa shape index (κ1) is 13.8. The molecule has 2 N–H and O–H groups in total. The molecule has 0 aliphatic carbocycles. The molecule has 0 bridgehead atoms. The molecule has 106 valence electrons. The van der Waals surface area contributed by atoms with Crippen molar-refractivity contribution in [2.24, 2.45) is 5.92 Å². The van der Waals surface area contributed by atoms with Gasteiger partial charge >= 0.3 is 5.97 Å². The third kappa shape index (κ3) is 2.27. The second kappa shape index (κ2) is 4.80. The number of non-ortho nitro benzene ring substituents is 1. The maximum Gasteiger partial charge on any atom is 0.308 e. The van der Waals surface area contributed by atoms with E-state index in [1.165, 1.54) is 13.0 Å². The van der Waals surface area contributed by atoms with Gasteiger partial charge in [-0.3, -0.25) is 19.7 Å². The number of nitro benzene ring substituents is 1. The number of benzene rings is 1.